The molecule has 0 bridgehead atoms. The van der Waals surface area contributed by atoms with Crippen molar-refractivity contribution in [2.45, 2.75) is 50.9 Å². The number of nitrogens with zero attached hydrogens (tertiary/aromatic N) is 1. The lowest BCUT2D eigenvalue weighted by molar-refractivity contribution is -0.137. The zero-order valence-electron chi connectivity index (χ0n) is 18.0. The lowest BCUT2D eigenvalue weighted by atomic mass is 9.86. The number of amidine groups is 1. The van der Waals surface area contributed by atoms with E-state index in [9.17, 15) is 22.7 Å². The molecular weight excluding hydrogens is 412 g/mol. The Morgan fingerprint density at radius 2 is 1.71 bits per heavy atom. The first kappa shape index (κ1) is 24.7. The predicted molar refractivity (Wildman–Crippen MR) is 112 cm³/mol. The number of hydrogen-bond acceptors (Lipinski definition) is 3. The maximum atomic E-state index is 14.2. The van der Waals surface area contributed by atoms with Gasteiger partial charge in [-0.25, -0.2) is 9.38 Å². The Bertz CT molecular complexity index is 880. The highest BCUT2D eigenvalue weighted by Crippen LogP contribution is 2.34. The van der Waals surface area contributed by atoms with Gasteiger partial charge in [-0.3, -0.25) is 0 Å². The smallest absolute Gasteiger partial charge is 0.416 e. The molecule has 0 spiro atoms. The Balaban J connectivity index is 2.17. The SMILES string of the molecule is CN=C(N[C@@H](CCO)c1ccccc1F)OC(C)(C)C(C)c1ccc(C(F)(F)F)cc1. The van der Waals surface area contributed by atoms with Crippen LogP contribution in [0.1, 0.15) is 55.8 Å². The number of nitrogens with one attached hydrogen (secondary N) is 1. The van der Waals surface area contributed by atoms with Gasteiger partial charge in [0.2, 0.25) is 0 Å². The first-order valence-corrected chi connectivity index (χ1v) is 9.94. The fourth-order valence-corrected chi connectivity index (χ4v) is 3.18. The van der Waals surface area contributed by atoms with Crippen molar-refractivity contribution in [3.63, 3.8) is 0 Å². The zero-order valence-corrected chi connectivity index (χ0v) is 18.0. The van der Waals surface area contributed by atoms with Gasteiger partial charge in [-0.2, -0.15) is 13.2 Å². The van der Waals surface area contributed by atoms with Gasteiger partial charge in [0.1, 0.15) is 11.4 Å². The van der Waals surface area contributed by atoms with Crippen LogP contribution in [0.4, 0.5) is 17.6 Å². The number of aliphatic hydroxyl groups excluding tert-OH is 1. The summed E-state index contributed by atoms with van der Waals surface area (Å²) in [5.74, 6) is -0.695. The van der Waals surface area contributed by atoms with Crippen molar-refractivity contribution in [3.8, 4) is 0 Å². The molecule has 2 aromatic rings. The molecule has 0 aliphatic rings. The molecule has 2 atom stereocenters. The summed E-state index contributed by atoms with van der Waals surface area (Å²) in [5, 5.41) is 12.4. The molecule has 0 saturated carbocycles. The number of hydrogen-bond donors (Lipinski definition) is 2. The number of rotatable bonds is 7. The summed E-state index contributed by atoms with van der Waals surface area (Å²) in [7, 11) is 1.51. The Hall–Kier alpha value is -2.61. The maximum Gasteiger partial charge on any atom is 0.416 e. The Labute approximate surface area is 180 Å². The molecular formula is C23H28F4N2O2. The minimum atomic E-state index is -4.39. The number of benzene rings is 2. The summed E-state index contributed by atoms with van der Waals surface area (Å²) in [6.07, 6.45) is -4.16. The lowest BCUT2D eigenvalue weighted by Gasteiger charge is -2.34. The summed E-state index contributed by atoms with van der Waals surface area (Å²) in [6.45, 7) is 5.27. The third-order valence-electron chi connectivity index (χ3n) is 5.34. The van der Waals surface area contributed by atoms with Crippen LogP contribution in [0.5, 0.6) is 0 Å². The third-order valence-corrected chi connectivity index (χ3v) is 5.34. The summed E-state index contributed by atoms with van der Waals surface area (Å²) in [5.41, 5.74) is -0.513. The molecule has 170 valence electrons. The van der Waals surface area contributed by atoms with Crippen molar-refractivity contribution >= 4 is 6.02 Å². The maximum absolute atomic E-state index is 14.2. The molecule has 0 amide bonds. The molecule has 0 saturated heterocycles. The molecule has 0 aliphatic heterocycles. The van der Waals surface area contributed by atoms with E-state index in [1.807, 2.05) is 6.92 Å². The highest BCUT2D eigenvalue weighted by atomic mass is 19.4. The molecule has 4 nitrogen and oxygen atoms in total. The van der Waals surface area contributed by atoms with Gasteiger partial charge < -0.3 is 15.2 Å². The number of alkyl halides is 3. The Morgan fingerprint density at radius 1 is 1.10 bits per heavy atom. The monoisotopic (exact) mass is 440 g/mol. The Morgan fingerprint density at radius 3 is 2.23 bits per heavy atom. The highest BCUT2D eigenvalue weighted by molar-refractivity contribution is 5.74. The van der Waals surface area contributed by atoms with Crippen molar-refractivity contribution in [2.75, 3.05) is 13.7 Å². The first-order valence-electron chi connectivity index (χ1n) is 9.94. The molecule has 2 rings (SSSR count). The molecule has 2 aromatic carbocycles. The minimum absolute atomic E-state index is 0.144. The number of aliphatic hydroxyl groups is 1. The lowest BCUT2D eigenvalue weighted by Crippen LogP contribution is -2.41. The van der Waals surface area contributed by atoms with Crippen molar-refractivity contribution in [1.29, 1.82) is 0 Å². The normalized spacial score (nSPS) is 14.8. The van der Waals surface area contributed by atoms with Crippen molar-refractivity contribution in [2.24, 2.45) is 4.99 Å². The van der Waals surface area contributed by atoms with Gasteiger partial charge in [-0.15, -0.1) is 0 Å². The van der Waals surface area contributed by atoms with E-state index in [0.717, 1.165) is 12.1 Å². The van der Waals surface area contributed by atoms with Crippen LogP contribution in [-0.4, -0.2) is 30.4 Å². The van der Waals surface area contributed by atoms with Gasteiger partial charge in [0.25, 0.3) is 6.02 Å². The third kappa shape index (κ3) is 6.43. The van der Waals surface area contributed by atoms with Gasteiger partial charge >= 0.3 is 6.18 Å². The average Bonchev–Trinajstić information content (AvgIpc) is 2.72. The summed E-state index contributed by atoms with van der Waals surface area (Å²) in [6, 6.07) is 10.8. The van der Waals surface area contributed by atoms with E-state index in [1.165, 1.54) is 25.2 Å². The molecule has 2 N–H and O–H groups in total. The van der Waals surface area contributed by atoms with Gasteiger partial charge in [-0.05, 0) is 44.0 Å². The van der Waals surface area contributed by atoms with Crippen LogP contribution in [0.25, 0.3) is 0 Å². The van der Waals surface area contributed by atoms with E-state index >= 15 is 0 Å². The number of aliphatic imine (C=N–C) groups is 1. The van der Waals surface area contributed by atoms with Gasteiger partial charge in [0, 0.05) is 25.1 Å². The van der Waals surface area contributed by atoms with E-state index in [1.54, 1.807) is 32.0 Å². The molecule has 0 heterocycles. The fourth-order valence-electron chi connectivity index (χ4n) is 3.18. The second-order valence-corrected chi connectivity index (χ2v) is 7.81. The van der Waals surface area contributed by atoms with Crippen molar-refractivity contribution in [3.05, 3.63) is 71.0 Å². The Kier molecular flexibility index (Phi) is 8.06. The van der Waals surface area contributed by atoms with E-state index in [2.05, 4.69) is 10.3 Å². The number of ether oxygens (including phenoxy) is 1. The number of halogens is 4. The molecule has 31 heavy (non-hydrogen) atoms. The largest absolute Gasteiger partial charge is 0.459 e. The van der Waals surface area contributed by atoms with E-state index in [4.69, 9.17) is 4.74 Å². The second-order valence-electron chi connectivity index (χ2n) is 7.81. The van der Waals surface area contributed by atoms with Gasteiger partial charge in [0.05, 0.1) is 11.6 Å². The van der Waals surface area contributed by atoms with E-state index < -0.39 is 29.2 Å². The zero-order chi connectivity index (χ0) is 23.2. The van der Waals surface area contributed by atoms with E-state index in [0.29, 0.717) is 11.1 Å². The van der Waals surface area contributed by atoms with Crippen LogP contribution in [0, 0.1) is 5.82 Å². The minimum Gasteiger partial charge on any atom is -0.459 e. The van der Waals surface area contributed by atoms with Crippen LogP contribution < -0.4 is 5.32 Å². The van der Waals surface area contributed by atoms with Crippen LogP contribution >= 0.6 is 0 Å². The van der Waals surface area contributed by atoms with Crippen LogP contribution in [-0.2, 0) is 10.9 Å². The van der Waals surface area contributed by atoms with Crippen LogP contribution in [0.3, 0.4) is 0 Å². The first-order chi connectivity index (χ1) is 14.5. The second kappa shape index (κ2) is 10.1. The van der Waals surface area contributed by atoms with Crippen LogP contribution in [0.15, 0.2) is 53.5 Å². The highest BCUT2D eigenvalue weighted by Gasteiger charge is 2.33. The quantitative estimate of drug-likeness (QED) is 0.342. The van der Waals surface area contributed by atoms with Gasteiger partial charge in [-0.1, -0.05) is 37.3 Å². The molecule has 0 radical (unpaired) electrons. The molecule has 0 aliphatic carbocycles. The van der Waals surface area contributed by atoms with Crippen LogP contribution in [0.2, 0.25) is 0 Å². The standard InChI is InChI=1S/C23H28F4N2O2/c1-15(16-9-11-17(12-10-16)23(25,26)27)22(2,3)31-21(28-4)29-20(13-14-30)18-7-5-6-8-19(18)24/h5-12,15,20,30H,13-14H2,1-4H3,(H,28,29)/t15?,20-/m0/s1. The van der Waals surface area contributed by atoms with Crippen molar-refractivity contribution in [1.82, 2.24) is 5.32 Å². The summed E-state index contributed by atoms with van der Waals surface area (Å²) in [4.78, 5) is 4.10. The topological polar surface area (TPSA) is 53.9 Å². The molecule has 8 heteroatoms. The van der Waals surface area contributed by atoms with Gasteiger partial charge in [0.15, 0.2) is 0 Å². The van der Waals surface area contributed by atoms with Crippen molar-refractivity contribution < 1.29 is 27.4 Å². The average molecular weight is 440 g/mol. The summed E-state index contributed by atoms with van der Waals surface area (Å²) < 4.78 is 58.8. The summed E-state index contributed by atoms with van der Waals surface area (Å²) >= 11 is 0. The molecule has 1 unspecified atom stereocenters. The van der Waals surface area contributed by atoms with E-state index in [-0.39, 0.29) is 25.0 Å². The predicted octanol–water partition coefficient (Wildman–Crippen LogP) is 5.44. The fraction of sp³-hybridized carbons (Fsp3) is 0.435. The molecule has 0 fully saturated rings. The molecule has 0 aromatic heterocycles.